The van der Waals surface area contributed by atoms with Gasteiger partial charge in [0.2, 0.25) is 0 Å². The van der Waals surface area contributed by atoms with Crippen molar-refractivity contribution in [2.24, 2.45) is 0 Å². The van der Waals surface area contributed by atoms with Gasteiger partial charge in [-0.3, -0.25) is 4.79 Å². The smallest absolute Gasteiger partial charge is 0.193 e. The van der Waals surface area contributed by atoms with Crippen molar-refractivity contribution in [2.45, 2.75) is 32.6 Å². The number of hydrogen-bond donors (Lipinski definition) is 0. The molecule has 1 unspecified atom stereocenters. The lowest BCUT2D eigenvalue weighted by Crippen LogP contribution is -2.05. The van der Waals surface area contributed by atoms with E-state index in [9.17, 15) is 4.79 Å². The van der Waals surface area contributed by atoms with E-state index in [0.29, 0.717) is 17.1 Å². The molecule has 1 atom stereocenters. The van der Waals surface area contributed by atoms with Gasteiger partial charge in [-0.1, -0.05) is 44.4 Å². The van der Waals surface area contributed by atoms with Crippen LogP contribution in [-0.4, -0.2) is 26.4 Å². The van der Waals surface area contributed by atoms with Crippen LogP contribution in [0.3, 0.4) is 0 Å². The zero-order valence-electron chi connectivity index (χ0n) is 15.7. The Balaban J connectivity index is 1.98. The molecule has 0 fully saturated rings. The normalized spacial score (nSPS) is 10.9. The zero-order valence-corrected chi connectivity index (χ0v) is 16.7. The maximum atomic E-state index is 12.8. The minimum absolute atomic E-state index is 0.00134. The van der Waals surface area contributed by atoms with Crippen LogP contribution in [0.1, 0.15) is 43.0 Å². The average molecular weight is 374 g/mol. The number of carbonyl (C=O) groups excluding carboxylic acids is 1. The van der Waals surface area contributed by atoms with Gasteiger partial charge >= 0.3 is 0 Å². The fraction of sp³-hybridized carbons (Fsp3) is 0.381. The van der Waals surface area contributed by atoms with Crippen molar-refractivity contribution in [1.29, 1.82) is 0 Å². The standard InChI is InChI=1S/C21H27O4P/c1-4-5-6-7-15-25-16-11-13-17(14-12-16)26-21(22)20-18(23-2)9-8-10-19(20)24-3/h8-14,26H,4-7,15H2,1-3H3. The van der Waals surface area contributed by atoms with Crippen molar-refractivity contribution < 1.29 is 19.0 Å². The Morgan fingerprint density at radius 1 is 0.923 bits per heavy atom. The lowest BCUT2D eigenvalue weighted by Gasteiger charge is -2.12. The van der Waals surface area contributed by atoms with E-state index < -0.39 is 0 Å². The molecule has 0 saturated carbocycles. The molecular weight excluding hydrogens is 347 g/mol. The van der Waals surface area contributed by atoms with Crippen LogP contribution in [-0.2, 0) is 0 Å². The molecule has 0 radical (unpaired) electrons. The summed E-state index contributed by atoms with van der Waals surface area (Å²) in [5.74, 6) is 1.92. The van der Waals surface area contributed by atoms with E-state index >= 15 is 0 Å². The first-order valence-corrected chi connectivity index (χ1v) is 9.94. The molecule has 0 aromatic heterocycles. The van der Waals surface area contributed by atoms with Crippen LogP contribution < -0.4 is 19.5 Å². The summed E-state index contributed by atoms with van der Waals surface area (Å²) in [5, 5.41) is 0.960. The number of benzene rings is 2. The fourth-order valence-corrected chi connectivity index (χ4v) is 3.59. The Kier molecular flexibility index (Phi) is 8.43. The molecule has 0 bridgehead atoms. The van der Waals surface area contributed by atoms with Crippen LogP contribution in [0.15, 0.2) is 42.5 Å². The molecule has 4 nitrogen and oxygen atoms in total. The minimum Gasteiger partial charge on any atom is -0.496 e. The largest absolute Gasteiger partial charge is 0.496 e. The molecule has 2 aromatic carbocycles. The first-order chi connectivity index (χ1) is 12.7. The van der Waals surface area contributed by atoms with E-state index in [1.54, 1.807) is 26.4 Å². The van der Waals surface area contributed by atoms with Crippen LogP contribution in [0, 0.1) is 0 Å². The van der Waals surface area contributed by atoms with Gasteiger partial charge in [-0.2, -0.15) is 0 Å². The van der Waals surface area contributed by atoms with Gasteiger partial charge in [0.1, 0.15) is 22.8 Å². The molecule has 0 aliphatic heterocycles. The molecule has 0 heterocycles. The van der Waals surface area contributed by atoms with Crippen molar-refractivity contribution >= 4 is 19.4 Å². The molecule has 0 aliphatic rings. The van der Waals surface area contributed by atoms with Crippen molar-refractivity contribution in [1.82, 2.24) is 0 Å². The Bertz CT molecular complexity index is 675. The van der Waals surface area contributed by atoms with Gasteiger partial charge in [-0.15, -0.1) is 0 Å². The lowest BCUT2D eigenvalue weighted by molar-refractivity contribution is 0.108. The molecule has 5 heteroatoms. The molecule has 0 aliphatic carbocycles. The summed E-state index contributed by atoms with van der Waals surface area (Å²) in [6.07, 6.45) is 4.74. The van der Waals surface area contributed by atoms with Crippen LogP contribution >= 0.6 is 8.58 Å². The molecule has 2 aromatic rings. The number of methoxy groups -OCH3 is 2. The number of carbonyl (C=O) groups is 1. The highest BCUT2D eigenvalue weighted by atomic mass is 31.1. The van der Waals surface area contributed by atoms with Crippen molar-refractivity contribution in [3.63, 3.8) is 0 Å². The highest BCUT2D eigenvalue weighted by molar-refractivity contribution is 7.66. The van der Waals surface area contributed by atoms with Crippen LogP contribution in [0.4, 0.5) is 0 Å². The molecule has 0 saturated heterocycles. The van der Waals surface area contributed by atoms with Crippen LogP contribution in [0.25, 0.3) is 0 Å². The second-order valence-corrected chi connectivity index (χ2v) is 7.21. The van der Waals surface area contributed by atoms with Gasteiger partial charge in [0.25, 0.3) is 0 Å². The molecule has 0 spiro atoms. The molecule has 0 N–H and O–H groups in total. The third-order valence-electron chi connectivity index (χ3n) is 4.03. The molecule has 0 amide bonds. The second kappa shape index (κ2) is 10.8. The van der Waals surface area contributed by atoms with Gasteiger partial charge in [0.05, 0.1) is 20.8 Å². The van der Waals surface area contributed by atoms with Gasteiger partial charge < -0.3 is 14.2 Å². The lowest BCUT2D eigenvalue weighted by atomic mass is 10.2. The van der Waals surface area contributed by atoms with Crippen LogP contribution in [0.5, 0.6) is 17.2 Å². The Morgan fingerprint density at radius 3 is 2.15 bits per heavy atom. The second-order valence-electron chi connectivity index (χ2n) is 5.93. The van der Waals surface area contributed by atoms with E-state index in [1.807, 2.05) is 30.3 Å². The Labute approximate surface area is 157 Å². The average Bonchev–Trinajstić information content (AvgIpc) is 2.68. The summed E-state index contributed by atoms with van der Waals surface area (Å²) in [5.41, 5.74) is 0.486. The van der Waals surface area contributed by atoms with Crippen molar-refractivity contribution in [3.8, 4) is 17.2 Å². The number of hydrogen-bond acceptors (Lipinski definition) is 4. The topological polar surface area (TPSA) is 44.8 Å². The SMILES string of the molecule is CCCCCCOc1ccc(PC(=O)c2c(OC)cccc2OC)cc1. The predicted molar refractivity (Wildman–Crippen MR) is 108 cm³/mol. The van der Waals surface area contributed by atoms with E-state index in [0.717, 1.165) is 24.1 Å². The fourth-order valence-electron chi connectivity index (χ4n) is 2.62. The Hall–Kier alpha value is -2.06. The van der Waals surface area contributed by atoms with E-state index in [4.69, 9.17) is 14.2 Å². The predicted octanol–water partition coefficient (Wildman–Crippen LogP) is 4.81. The summed E-state index contributed by atoms with van der Waals surface area (Å²) in [6, 6.07) is 13.1. The van der Waals surface area contributed by atoms with Gasteiger partial charge in [0.15, 0.2) is 5.52 Å². The van der Waals surface area contributed by atoms with Crippen molar-refractivity contribution in [3.05, 3.63) is 48.0 Å². The minimum atomic E-state index is -0.00691. The number of unbranched alkanes of at least 4 members (excludes halogenated alkanes) is 3. The highest BCUT2D eigenvalue weighted by Crippen LogP contribution is 2.33. The van der Waals surface area contributed by atoms with Crippen LogP contribution in [0.2, 0.25) is 0 Å². The maximum absolute atomic E-state index is 12.8. The summed E-state index contributed by atoms with van der Waals surface area (Å²) in [4.78, 5) is 12.8. The summed E-state index contributed by atoms with van der Waals surface area (Å²) in [7, 11) is 3.11. The first kappa shape index (κ1) is 20.3. The summed E-state index contributed by atoms with van der Waals surface area (Å²) in [6.45, 7) is 2.93. The van der Waals surface area contributed by atoms with Crippen molar-refractivity contribution in [2.75, 3.05) is 20.8 Å². The maximum Gasteiger partial charge on any atom is 0.193 e. The van der Waals surface area contributed by atoms with E-state index in [-0.39, 0.29) is 14.1 Å². The number of ether oxygens (including phenoxy) is 3. The Morgan fingerprint density at radius 2 is 1.58 bits per heavy atom. The third-order valence-corrected chi connectivity index (χ3v) is 5.13. The highest BCUT2D eigenvalue weighted by Gasteiger charge is 2.18. The molecule has 26 heavy (non-hydrogen) atoms. The van der Waals surface area contributed by atoms with E-state index in [1.165, 1.54) is 19.3 Å². The summed E-state index contributed by atoms with van der Waals surface area (Å²) >= 11 is 0. The third kappa shape index (κ3) is 5.74. The zero-order chi connectivity index (χ0) is 18.8. The van der Waals surface area contributed by atoms with Gasteiger partial charge in [-0.05, 0) is 44.6 Å². The number of rotatable bonds is 11. The quantitative estimate of drug-likeness (QED) is 0.418. The van der Waals surface area contributed by atoms with E-state index in [2.05, 4.69) is 6.92 Å². The molecular formula is C21H27O4P. The van der Waals surface area contributed by atoms with Gasteiger partial charge in [0, 0.05) is 0 Å². The first-order valence-electron chi connectivity index (χ1n) is 8.94. The molecule has 140 valence electrons. The van der Waals surface area contributed by atoms with Gasteiger partial charge in [-0.25, -0.2) is 0 Å². The monoisotopic (exact) mass is 374 g/mol. The summed E-state index contributed by atoms with van der Waals surface area (Å²) < 4.78 is 16.4. The molecule has 2 rings (SSSR count).